The van der Waals surface area contributed by atoms with E-state index in [2.05, 4.69) is 24.5 Å². The molecular formula is C14H28N2O2. The summed E-state index contributed by atoms with van der Waals surface area (Å²) < 4.78 is 5.94. The topological polar surface area (TPSA) is 50.4 Å². The number of hydrogen-bond acceptors (Lipinski definition) is 3. The molecule has 18 heavy (non-hydrogen) atoms. The second-order valence-electron chi connectivity index (χ2n) is 5.21. The lowest BCUT2D eigenvalue weighted by Crippen LogP contribution is -2.52. The van der Waals surface area contributed by atoms with Gasteiger partial charge in [0, 0.05) is 19.2 Å². The van der Waals surface area contributed by atoms with Gasteiger partial charge in [-0.2, -0.15) is 0 Å². The molecule has 1 aliphatic rings. The molecule has 1 heterocycles. The minimum Gasteiger partial charge on any atom is -0.375 e. The van der Waals surface area contributed by atoms with E-state index in [1.807, 2.05) is 13.8 Å². The van der Waals surface area contributed by atoms with Crippen LogP contribution in [0.25, 0.3) is 0 Å². The van der Waals surface area contributed by atoms with Gasteiger partial charge in [-0.25, -0.2) is 0 Å². The Bertz CT molecular complexity index is 265. The lowest BCUT2D eigenvalue weighted by atomic mass is 9.85. The van der Waals surface area contributed by atoms with Crippen molar-refractivity contribution in [2.24, 2.45) is 0 Å². The van der Waals surface area contributed by atoms with Gasteiger partial charge in [-0.3, -0.25) is 4.79 Å². The number of likely N-dealkylation sites (N-methyl/N-ethyl adjacent to an activating group) is 1. The Morgan fingerprint density at radius 3 is 2.61 bits per heavy atom. The first-order valence-corrected chi connectivity index (χ1v) is 7.24. The molecule has 1 amide bonds. The normalized spacial score (nSPS) is 24.6. The fourth-order valence-electron chi connectivity index (χ4n) is 2.67. The molecule has 0 aromatic heterocycles. The highest BCUT2D eigenvalue weighted by Crippen LogP contribution is 2.31. The summed E-state index contributed by atoms with van der Waals surface area (Å²) in [6.07, 6.45) is 4.07. The number of amides is 1. The highest BCUT2D eigenvalue weighted by atomic mass is 16.5. The van der Waals surface area contributed by atoms with Crippen LogP contribution < -0.4 is 10.6 Å². The van der Waals surface area contributed by atoms with Gasteiger partial charge < -0.3 is 15.4 Å². The highest BCUT2D eigenvalue weighted by Gasteiger charge is 2.35. The van der Waals surface area contributed by atoms with Crippen LogP contribution in [0.4, 0.5) is 0 Å². The van der Waals surface area contributed by atoms with Crippen molar-refractivity contribution in [3.8, 4) is 0 Å². The zero-order valence-electron chi connectivity index (χ0n) is 12.2. The first kappa shape index (κ1) is 15.4. The molecule has 4 heteroatoms. The molecule has 2 unspecified atom stereocenters. The molecular weight excluding hydrogens is 228 g/mol. The molecule has 1 saturated heterocycles. The summed E-state index contributed by atoms with van der Waals surface area (Å²) in [4.78, 5) is 11.7. The Morgan fingerprint density at radius 2 is 2.06 bits per heavy atom. The van der Waals surface area contributed by atoms with E-state index in [0.29, 0.717) is 12.6 Å². The van der Waals surface area contributed by atoms with Crippen molar-refractivity contribution in [1.29, 1.82) is 0 Å². The third-order valence-corrected chi connectivity index (χ3v) is 4.01. The third-order valence-electron chi connectivity index (χ3n) is 4.01. The van der Waals surface area contributed by atoms with Crippen LogP contribution in [0.3, 0.4) is 0 Å². The molecule has 0 aromatic carbocycles. The average molecular weight is 256 g/mol. The van der Waals surface area contributed by atoms with Gasteiger partial charge in [0.25, 0.3) is 0 Å². The molecule has 4 nitrogen and oxygen atoms in total. The Labute approximate surface area is 111 Å². The number of carbonyl (C=O) groups is 1. The van der Waals surface area contributed by atoms with Crippen LogP contribution in [0.1, 0.15) is 53.4 Å². The van der Waals surface area contributed by atoms with Crippen LogP contribution in [-0.4, -0.2) is 36.7 Å². The van der Waals surface area contributed by atoms with Crippen molar-refractivity contribution in [1.82, 2.24) is 10.6 Å². The number of rotatable bonds is 6. The highest BCUT2D eigenvalue weighted by molar-refractivity contribution is 5.81. The molecule has 1 rings (SSSR count). The molecule has 0 aromatic rings. The fourth-order valence-corrected chi connectivity index (χ4v) is 2.67. The molecule has 0 bridgehead atoms. The van der Waals surface area contributed by atoms with Gasteiger partial charge in [0.2, 0.25) is 5.91 Å². The van der Waals surface area contributed by atoms with Gasteiger partial charge in [-0.05, 0) is 39.5 Å². The molecule has 1 fully saturated rings. The van der Waals surface area contributed by atoms with Crippen LogP contribution in [0.5, 0.6) is 0 Å². The largest absolute Gasteiger partial charge is 0.375 e. The standard InChI is InChI=1S/C14H28N2O2/c1-5-14(6-2)10-12(8-9-18-14)16-11(4)13(17)15-7-3/h11-12,16H,5-10H2,1-4H3,(H,15,17). The third kappa shape index (κ3) is 3.95. The summed E-state index contributed by atoms with van der Waals surface area (Å²) in [5, 5.41) is 6.29. The summed E-state index contributed by atoms with van der Waals surface area (Å²) in [6.45, 7) is 9.71. The number of hydrogen-bond donors (Lipinski definition) is 2. The lowest BCUT2D eigenvalue weighted by molar-refractivity contribution is -0.124. The molecule has 0 saturated carbocycles. The van der Waals surface area contributed by atoms with Crippen LogP contribution in [0.15, 0.2) is 0 Å². The number of ether oxygens (including phenoxy) is 1. The zero-order chi connectivity index (χ0) is 13.6. The number of carbonyl (C=O) groups excluding carboxylic acids is 1. The fraction of sp³-hybridized carbons (Fsp3) is 0.929. The first-order valence-electron chi connectivity index (χ1n) is 7.24. The van der Waals surface area contributed by atoms with Gasteiger partial charge >= 0.3 is 0 Å². The molecule has 2 atom stereocenters. The molecule has 0 spiro atoms. The molecule has 1 aliphatic heterocycles. The Morgan fingerprint density at radius 1 is 1.39 bits per heavy atom. The second-order valence-corrected chi connectivity index (χ2v) is 5.21. The van der Waals surface area contributed by atoms with Crippen LogP contribution in [-0.2, 0) is 9.53 Å². The molecule has 2 N–H and O–H groups in total. The van der Waals surface area contributed by atoms with Crippen molar-refractivity contribution < 1.29 is 9.53 Å². The Kier molecular flexibility index (Phi) is 6.09. The van der Waals surface area contributed by atoms with Gasteiger partial charge in [0.05, 0.1) is 11.6 Å². The van der Waals surface area contributed by atoms with Crippen LogP contribution in [0.2, 0.25) is 0 Å². The van der Waals surface area contributed by atoms with E-state index in [9.17, 15) is 4.79 Å². The predicted octanol–water partition coefficient (Wildman–Crippen LogP) is 1.84. The smallest absolute Gasteiger partial charge is 0.236 e. The Hall–Kier alpha value is -0.610. The second kappa shape index (κ2) is 7.10. The zero-order valence-corrected chi connectivity index (χ0v) is 12.2. The van der Waals surface area contributed by atoms with Crippen molar-refractivity contribution >= 4 is 5.91 Å². The van der Waals surface area contributed by atoms with E-state index in [4.69, 9.17) is 4.74 Å². The van der Waals surface area contributed by atoms with Crippen LogP contribution in [0, 0.1) is 0 Å². The summed E-state index contributed by atoms with van der Waals surface area (Å²) >= 11 is 0. The van der Waals surface area contributed by atoms with Crippen molar-refractivity contribution in [2.75, 3.05) is 13.2 Å². The summed E-state index contributed by atoms with van der Waals surface area (Å²) in [5.41, 5.74) is 0.0108. The summed E-state index contributed by atoms with van der Waals surface area (Å²) in [5.74, 6) is 0.0857. The van der Waals surface area contributed by atoms with Crippen molar-refractivity contribution in [2.45, 2.75) is 71.1 Å². The van der Waals surface area contributed by atoms with Gasteiger partial charge in [0.15, 0.2) is 0 Å². The molecule has 106 valence electrons. The quantitative estimate of drug-likeness (QED) is 0.762. The van der Waals surface area contributed by atoms with Crippen molar-refractivity contribution in [3.63, 3.8) is 0 Å². The Balaban J connectivity index is 2.49. The van der Waals surface area contributed by atoms with E-state index in [1.54, 1.807) is 0 Å². The minimum atomic E-state index is -0.125. The van der Waals surface area contributed by atoms with Gasteiger partial charge in [0.1, 0.15) is 0 Å². The molecule has 0 radical (unpaired) electrons. The van der Waals surface area contributed by atoms with E-state index in [1.165, 1.54) is 0 Å². The lowest BCUT2D eigenvalue weighted by Gasteiger charge is -2.41. The van der Waals surface area contributed by atoms with E-state index >= 15 is 0 Å². The first-order chi connectivity index (χ1) is 8.56. The van der Waals surface area contributed by atoms with Gasteiger partial charge in [-0.1, -0.05) is 13.8 Å². The monoisotopic (exact) mass is 256 g/mol. The van der Waals surface area contributed by atoms with E-state index in [-0.39, 0.29) is 17.6 Å². The maximum atomic E-state index is 11.7. The maximum Gasteiger partial charge on any atom is 0.236 e. The summed E-state index contributed by atoms with van der Waals surface area (Å²) in [7, 11) is 0. The number of nitrogens with one attached hydrogen (secondary N) is 2. The SMILES string of the molecule is CCNC(=O)C(C)NC1CCOC(CC)(CC)C1. The van der Waals surface area contributed by atoms with Crippen molar-refractivity contribution in [3.05, 3.63) is 0 Å². The molecule has 0 aliphatic carbocycles. The van der Waals surface area contributed by atoms with Crippen LogP contribution >= 0.6 is 0 Å². The van der Waals surface area contributed by atoms with E-state index < -0.39 is 0 Å². The summed E-state index contributed by atoms with van der Waals surface area (Å²) in [6, 6.07) is 0.260. The maximum absolute atomic E-state index is 11.7. The average Bonchev–Trinajstić information content (AvgIpc) is 2.39. The van der Waals surface area contributed by atoms with Gasteiger partial charge in [-0.15, -0.1) is 0 Å². The van der Waals surface area contributed by atoms with E-state index in [0.717, 1.165) is 32.3 Å². The predicted molar refractivity (Wildman–Crippen MR) is 73.6 cm³/mol. The minimum absolute atomic E-state index is 0.0108.